The van der Waals surface area contributed by atoms with E-state index in [0.29, 0.717) is 0 Å². The Hall–Kier alpha value is -0.610. The maximum Gasteiger partial charge on any atom is 0.335 e. The molecule has 1 saturated heterocycles. The number of carbonyl (C=O) groups is 1. The van der Waals surface area contributed by atoms with Crippen LogP contribution >= 0.6 is 15.9 Å². The quantitative estimate of drug-likeness (QED) is 0.755. The predicted molar refractivity (Wildman–Crippen MR) is 50.6 cm³/mol. The number of epoxide rings is 1. The molecule has 70 valence electrons. The van der Waals surface area contributed by atoms with Gasteiger partial charge in [0.05, 0.1) is 0 Å². The first kappa shape index (κ1) is 8.97. The molecule has 1 aliphatic carbocycles. The highest BCUT2D eigenvalue weighted by atomic mass is 79.9. The van der Waals surface area contributed by atoms with Gasteiger partial charge in [-0.1, -0.05) is 28.1 Å². The monoisotopic (exact) mass is 244 g/mol. The lowest BCUT2D eigenvalue weighted by atomic mass is 10.0. The van der Waals surface area contributed by atoms with Crippen molar-refractivity contribution in [3.8, 4) is 0 Å². The van der Waals surface area contributed by atoms with Gasteiger partial charge in [-0.25, -0.2) is 4.79 Å². The van der Waals surface area contributed by atoms with Crippen LogP contribution in [0.15, 0.2) is 22.2 Å². The molecule has 2 aliphatic rings. The van der Waals surface area contributed by atoms with Crippen LogP contribution in [0.2, 0.25) is 0 Å². The molecule has 2 rings (SSSR count). The van der Waals surface area contributed by atoms with Crippen LogP contribution < -0.4 is 0 Å². The minimum absolute atomic E-state index is 0.172. The molecule has 1 N–H and O–H groups in total. The summed E-state index contributed by atoms with van der Waals surface area (Å²) in [7, 11) is 0. The van der Waals surface area contributed by atoms with Gasteiger partial charge in [0.25, 0.3) is 0 Å². The summed E-state index contributed by atoms with van der Waals surface area (Å²) in [6, 6.07) is 0. The highest BCUT2D eigenvalue weighted by Gasteiger charge is 2.47. The third-order valence-corrected chi connectivity index (χ3v) is 2.89. The number of carboxylic acids is 1. The molecule has 0 radical (unpaired) electrons. The topological polar surface area (TPSA) is 49.8 Å². The number of rotatable bonds is 2. The van der Waals surface area contributed by atoms with Crippen LogP contribution in [-0.4, -0.2) is 23.3 Å². The lowest BCUT2D eigenvalue weighted by molar-refractivity contribution is -0.138. The first-order valence-electron chi connectivity index (χ1n) is 4.12. The molecule has 4 heteroatoms. The zero-order valence-electron chi connectivity index (χ0n) is 6.87. The molecule has 2 atom stereocenters. The number of hydrogen-bond donors (Lipinski definition) is 1. The molecule has 0 aromatic rings. The summed E-state index contributed by atoms with van der Waals surface area (Å²) < 4.78 is 6.20. The Morgan fingerprint density at radius 2 is 2.31 bits per heavy atom. The molecule has 0 aromatic carbocycles. The van der Waals surface area contributed by atoms with Crippen molar-refractivity contribution >= 4 is 21.9 Å². The van der Waals surface area contributed by atoms with E-state index in [1.54, 1.807) is 0 Å². The normalized spacial score (nSPS) is 32.1. The summed E-state index contributed by atoms with van der Waals surface area (Å²) in [5, 5.41) is 8.63. The molecule has 2 unspecified atom stereocenters. The number of hydrogen-bond acceptors (Lipinski definition) is 2. The Morgan fingerprint density at radius 3 is 2.77 bits per heavy atom. The third kappa shape index (κ3) is 1.84. The van der Waals surface area contributed by atoms with E-state index in [0.717, 1.165) is 22.9 Å². The third-order valence-electron chi connectivity index (χ3n) is 2.23. The second-order valence-corrected chi connectivity index (χ2v) is 4.19. The van der Waals surface area contributed by atoms with Crippen LogP contribution in [0.25, 0.3) is 0 Å². The van der Waals surface area contributed by atoms with Crippen LogP contribution in [0, 0.1) is 0 Å². The standard InChI is InChI=1S/C9H9BrO3/c10-6-3-1-5(2-4-6)7-8(13-7)9(11)12/h1,3,7-8H,2,4H2,(H,11,12). The van der Waals surface area contributed by atoms with Gasteiger partial charge in [0, 0.05) is 0 Å². The predicted octanol–water partition coefficient (Wildman–Crippen LogP) is 1.84. The van der Waals surface area contributed by atoms with E-state index in [2.05, 4.69) is 15.9 Å². The molecular formula is C9H9BrO3. The van der Waals surface area contributed by atoms with E-state index in [1.165, 1.54) is 0 Å². The summed E-state index contributed by atoms with van der Waals surface area (Å²) in [6.45, 7) is 0. The van der Waals surface area contributed by atoms with Crippen molar-refractivity contribution in [3.05, 3.63) is 22.2 Å². The second-order valence-electron chi connectivity index (χ2n) is 3.17. The zero-order chi connectivity index (χ0) is 9.42. The molecule has 0 bridgehead atoms. The molecule has 1 fully saturated rings. The van der Waals surface area contributed by atoms with Crippen molar-refractivity contribution in [2.45, 2.75) is 25.0 Å². The fourth-order valence-electron chi connectivity index (χ4n) is 1.45. The van der Waals surface area contributed by atoms with Gasteiger partial charge in [-0.15, -0.1) is 0 Å². The van der Waals surface area contributed by atoms with Crippen LogP contribution in [0.1, 0.15) is 12.8 Å². The second kappa shape index (κ2) is 3.27. The number of halogens is 1. The van der Waals surface area contributed by atoms with Crippen molar-refractivity contribution in [1.29, 1.82) is 0 Å². The Labute approximate surface area is 84.2 Å². The molecule has 1 aliphatic heterocycles. The van der Waals surface area contributed by atoms with Crippen LogP contribution in [0.3, 0.4) is 0 Å². The Kier molecular flexibility index (Phi) is 2.26. The van der Waals surface area contributed by atoms with Crippen molar-refractivity contribution < 1.29 is 14.6 Å². The van der Waals surface area contributed by atoms with Crippen LogP contribution in [0.4, 0.5) is 0 Å². The van der Waals surface area contributed by atoms with E-state index >= 15 is 0 Å². The summed E-state index contributed by atoms with van der Waals surface area (Å²) in [6.07, 6.45) is 4.97. The largest absolute Gasteiger partial charge is 0.479 e. The fourth-order valence-corrected chi connectivity index (χ4v) is 1.78. The highest BCUT2D eigenvalue weighted by Crippen LogP contribution is 2.35. The summed E-state index contributed by atoms with van der Waals surface area (Å²) in [4.78, 5) is 10.5. The first-order valence-corrected chi connectivity index (χ1v) is 4.91. The lowest BCUT2D eigenvalue weighted by Crippen LogP contribution is -2.10. The molecule has 1 heterocycles. The van der Waals surface area contributed by atoms with E-state index in [9.17, 15) is 4.79 Å². The first-order chi connectivity index (χ1) is 6.18. The highest BCUT2D eigenvalue weighted by molar-refractivity contribution is 9.11. The van der Waals surface area contributed by atoms with E-state index < -0.39 is 12.1 Å². The molecule has 0 spiro atoms. The maximum atomic E-state index is 10.5. The van der Waals surface area contributed by atoms with Crippen molar-refractivity contribution in [3.63, 3.8) is 0 Å². The van der Waals surface area contributed by atoms with Crippen molar-refractivity contribution in [1.82, 2.24) is 0 Å². The van der Waals surface area contributed by atoms with Crippen molar-refractivity contribution in [2.75, 3.05) is 0 Å². The number of carboxylic acid groups (broad SMARTS) is 1. The van der Waals surface area contributed by atoms with Crippen molar-refractivity contribution in [2.24, 2.45) is 0 Å². The van der Waals surface area contributed by atoms with Crippen LogP contribution in [-0.2, 0) is 9.53 Å². The fraction of sp³-hybridized carbons (Fsp3) is 0.444. The van der Waals surface area contributed by atoms with E-state index in [4.69, 9.17) is 9.84 Å². The molecule has 0 saturated carbocycles. The number of aliphatic carboxylic acids is 1. The summed E-state index contributed by atoms with van der Waals surface area (Å²) in [5.41, 5.74) is 1.09. The molecule has 0 amide bonds. The number of allylic oxidation sites excluding steroid dienone is 3. The summed E-state index contributed by atoms with van der Waals surface area (Å²) in [5.74, 6) is -0.862. The molecule has 3 nitrogen and oxygen atoms in total. The smallest absolute Gasteiger partial charge is 0.335 e. The maximum absolute atomic E-state index is 10.5. The lowest BCUT2D eigenvalue weighted by Gasteiger charge is -2.07. The molecule has 13 heavy (non-hydrogen) atoms. The minimum Gasteiger partial charge on any atom is -0.479 e. The van der Waals surface area contributed by atoms with Gasteiger partial charge in [0.15, 0.2) is 6.10 Å². The molecule has 0 aromatic heterocycles. The minimum atomic E-state index is -0.862. The Morgan fingerprint density at radius 1 is 1.54 bits per heavy atom. The zero-order valence-corrected chi connectivity index (χ0v) is 8.45. The SMILES string of the molecule is O=C(O)C1OC1C1=CC=C(Br)CC1. The van der Waals surface area contributed by atoms with Gasteiger partial charge >= 0.3 is 5.97 Å². The van der Waals surface area contributed by atoms with Gasteiger partial charge in [0.2, 0.25) is 0 Å². The van der Waals surface area contributed by atoms with E-state index in [-0.39, 0.29) is 6.10 Å². The average molecular weight is 245 g/mol. The van der Waals surface area contributed by atoms with Gasteiger partial charge in [-0.3, -0.25) is 0 Å². The summed E-state index contributed by atoms with van der Waals surface area (Å²) >= 11 is 3.39. The van der Waals surface area contributed by atoms with Gasteiger partial charge in [-0.2, -0.15) is 0 Å². The molecular weight excluding hydrogens is 236 g/mol. The van der Waals surface area contributed by atoms with Gasteiger partial charge in [-0.05, 0) is 22.9 Å². The van der Waals surface area contributed by atoms with Gasteiger partial charge < -0.3 is 9.84 Å². The number of ether oxygens (including phenoxy) is 1. The van der Waals surface area contributed by atoms with Crippen LogP contribution in [0.5, 0.6) is 0 Å². The average Bonchev–Trinajstić information content (AvgIpc) is 2.85. The van der Waals surface area contributed by atoms with Gasteiger partial charge in [0.1, 0.15) is 6.10 Å². The van der Waals surface area contributed by atoms with E-state index in [1.807, 2.05) is 12.2 Å². The Balaban J connectivity index is 2.01. The Bertz CT molecular complexity index is 306.